The monoisotopic (exact) mass is 680 g/mol. The lowest BCUT2D eigenvalue weighted by Crippen LogP contribution is -2.44. The zero-order chi connectivity index (χ0) is 35.5. The summed E-state index contributed by atoms with van der Waals surface area (Å²) < 4.78 is 18.4. The Morgan fingerprint density at radius 1 is 1.29 bits per heavy atom. The van der Waals surface area contributed by atoms with Gasteiger partial charge in [-0.15, -0.1) is 0 Å². The molecule has 3 N–H and O–H groups in total. The number of rotatable bonds is 5. The highest BCUT2D eigenvalue weighted by Gasteiger charge is 2.39. The minimum Gasteiger partial charge on any atom is -0.460 e. The van der Waals surface area contributed by atoms with Crippen LogP contribution in [0.1, 0.15) is 56.4 Å². The van der Waals surface area contributed by atoms with Crippen LogP contribution in [0.15, 0.2) is 58.4 Å². The van der Waals surface area contributed by atoms with Crippen molar-refractivity contribution in [3.63, 3.8) is 0 Å². The molecule has 2 amide bonds. The minimum atomic E-state index is -1.03. The zero-order valence-corrected chi connectivity index (χ0v) is 28.2. The summed E-state index contributed by atoms with van der Waals surface area (Å²) in [5.74, 6) is -2.20. The number of allylic oxidation sites excluding steroid dienone is 2. The molecule has 2 bridgehead atoms. The fourth-order valence-corrected chi connectivity index (χ4v) is 5.78. The number of Topliss-reactive ketones (excluding diaryl/α,β-unsaturated/α-hetero) is 1. The molecule has 0 aliphatic carbocycles. The van der Waals surface area contributed by atoms with Gasteiger partial charge in [0.05, 0.1) is 19.1 Å². The quantitative estimate of drug-likeness (QED) is 0.309. The molecule has 2 aliphatic rings. The smallest absolute Gasteiger partial charge is 0.412 e. The average Bonchev–Trinajstić information content (AvgIpc) is 3.82. The van der Waals surface area contributed by atoms with Crippen LogP contribution in [-0.2, 0) is 37.3 Å². The van der Waals surface area contributed by atoms with E-state index in [-0.39, 0.29) is 49.9 Å². The number of nitrogens with zero attached hydrogens (tertiary/aromatic N) is 4. The molecule has 0 spiro atoms. The highest BCUT2D eigenvalue weighted by atomic mass is 16.6. The van der Waals surface area contributed by atoms with Gasteiger partial charge in [0.25, 0.3) is 5.91 Å². The molecule has 264 valence electrons. The van der Waals surface area contributed by atoms with Gasteiger partial charge in [0.2, 0.25) is 5.89 Å². The second-order valence-electron chi connectivity index (χ2n) is 12.4. The van der Waals surface area contributed by atoms with E-state index in [9.17, 15) is 29.1 Å². The number of hydrogen-bond acceptors (Lipinski definition) is 12. The Morgan fingerprint density at radius 3 is 2.82 bits per heavy atom. The van der Waals surface area contributed by atoms with Gasteiger partial charge in [-0.2, -0.15) is 5.10 Å². The number of aliphatic hydroxyl groups excluding tert-OH is 1. The van der Waals surface area contributed by atoms with Gasteiger partial charge in [0, 0.05) is 62.8 Å². The number of anilines is 1. The van der Waals surface area contributed by atoms with E-state index in [2.05, 4.69) is 20.7 Å². The molecule has 0 radical (unpaired) electrons. The molecular formula is C34H44N6O9. The topological polar surface area (TPSA) is 195 Å². The summed E-state index contributed by atoms with van der Waals surface area (Å²) in [6, 6.07) is 0.693. The van der Waals surface area contributed by atoms with Crippen LogP contribution in [0.2, 0.25) is 0 Å². The van der Waals surface area contributed by atoms with Crippen molar-refractivity contribution in [2.24, 2.45) is 18.9 Å². The van der Waals surface area contributed by atoms with E-state index in [1.807, 2.05) is 6.08 Å². The number of esters is 1. The van der Waals surface area contributed by atoms with E-state index in [0.717, 1.165) is 18.1 Å². The first kappa shape index (κ1) is 36.9. The van der Waals surface area contributed by atoms with Crippen molar-refractivity contribution < 1.29 is 43.0 Å². The molecule has 15 heteroatoms. The van der Waals surface area contributed by atoms with E-state index in [0.29, 0.717) is 30.8 Å². The molecular weight excluding hydrogens is 636 g/mol. The van der Waals surface area contributed by atoms with Gasteiger partial charge in [-0.25, -0.2) is 14.6 Å². The molecule has 5 atom stereocenters. The number of fused-ring (bicyclic) bond motifs is 3. The molecule has 0 aromatic carbocycles. The highest BCUT2D eigenvalue weighted by Crippen LogP contribution is 2.26. The molecule has 4 rings (SSSR count). The molecule has 2 aromatic heterocycles. The van der Waals surface area contributed by atoms with Crippen molar-refractivity contribution in [1.29, 1.82) is 0 Å². The van der Waals surface area contributed by atoms with E-state index < -0.39 is 48.1 Å². The van der Waals surface area contributed by atoms with Crippen LogP contribution in [0.5, 0.6) is 0 Å². The van der Waals surface area contributed by atoms with E-state index in [1.165, 1.54) is 9.58 Å². The number of amides is 2. The highest BCUT2D eigenvalue weighted by molar-refractivity contribution is 5.95. The third kappa shape index (κ3) is 10.8. The summed E-state index contributed by atoms with van der Waals surface area (Å²) in [6.45, 7) is 6.13. The van der Waals surface area contributed by atoms with Crippen LogP contribution >= 0.6 is 0 Å². The van der Waals surface area contributed by atoms with E-state index in [4.69, 9.17) is 13.9 Å². The van der Waals surface area contributed by atoms with Crippen LogP contribution in [0.3, 0.4) is 0 Å². The summed E-state index contributed by atoms with van der Waals surface area (Å²) in [7, 11) is 1.71. The fourth-order valence-electron chi connectivity index (χ4n) is 5.78. The molecule has 1 fully saturated rings. The van der Waals surface area contributed by atoms with Gasteiger partial charge >= 0.3 is 12.1 Å². The fraction of sp³-hybridized carbons (Fsp3) is 0.500. The maximum absolute atomic E-state index is 13.7. The molecule has 0 unspecified atom stereocenters. The van der Waals surface area contributed by atoms with Gasteiger partial charge in [-0.3, -0.25) is 24.4 Å². The van der Waals surface area contributed by atoms with Gasteiger partial charge in [-0.05, 0) is 19.8 Å². The molecule has 0 saturated carbocycles. The number of hydrogen-bond donors (Lipinski definition) is 3. The van der Waals surface area contributed by atoms with Gasteiger partial charge in [0.1, 0.15) is 30.5 Å². The SMILES string of the molecule is CC1=C[C@@H](O)CC(=O)Cc2nc(co2)C(=O)N2CCC[C@@H]2C(=O)O[C@H]([C@H](C)COC(=O)Nc2ccn(C)n2)[C@H](C)/C=C(\C=O)CNCC=C1. The van der Waals surface area contributed by atoms with Gasteiger partial charge < -0.3 is 29.2 Å². The van der Waals surface area contributed by atoms with Crippen LogP contribution in [0.4, 0.5) is 10.6 Å². The van der Waals surface area contributed by atoms with Crippen molar-refractivity contribution in [2.45, 2.75) is 64.7 Å². The average molecular weight is 681 g/mol. The van der Waals surface area contributed by atoms with Crippen LogP contribution < -0.4 is 10.6 Å². The lowest BCUT2D eigenvalue weighted by Gasteiger charge is -2.31. The number of cyclic esters (lactones) is 1. The van der Waals surface area contributed by atoms with Gasteiger partial charge in [0.15, 0.2) is 11.5 Å². The summed E-state index contributed by atoms with van der Waals surface area (Å²) >= 11 is 0. The molecule has 49 heavy (non-hydrogen) atoms. The van der Waals surface area contributed by atoms with Crippen LogP contribution in [0.25, 0.3) is 0 Å². The van der Waals surface area contributed by atoms with Gasteiger partial charge in [-0.1, -0.05) is 43.7 Å². The first-order valence-electron chi connectivity index (χ1n) is 16.2. The third-order valence-corrected chi connectivity index (χ3v) is 8.15. The van der Waals surface area contributed by atoms with Crippen molar-refractivity contribution in [1.82, 2.24) is 25.0 Å². The number of aromatic nitrogens is 3. The Hall–Kier alpha value is -4.89. The minimum absolute atomic E-state index is 0.0245. The molecule has 15 nitrogen and oxygen atoms in total. The summed E-state index contributed by atoms with van der Waals surface area (Å²) in [5.41, 5.74) is 1.10. The zero-order valence-electron chi connectivity index (χ0n) is 28.2. The Labute approximate surface area is 284 Å². The van der Waals surface area contributed by atoms with E-state index in [1.54, 1.807) is 58.3 Å². The number of nitrogens with one attached hydrogen (secondary N) is 2. The number of aldehydes is 1. The largest absolute Gasteiger partial charge is 0.460 e. The van der Waals surface area contributed by atoms with Crippen LogP contribution in [-0.4, -0.2) is 99.3 Å². The first-order chi connectivity index (χ1) is 23.4. The molecule has 2 aliphatic heterocycles. The number of oxazole rings is 1. The van der Waals surface area contributed by atoms with Crippen molar-refractivity contribution in [3.05, 3.63) is 65.6 Å². The first-order valence-corrected chi connectivity index (χ1v) is 16.2. The molecule has 2 aromatic rings. The lowest BCUT2D eigenvalue weighted by molar-refractivity contribution is -0.159. The number of carbonyl (C=O) groups is 5. The second kappa shape index (κ2) is 17.5. The van der Waals surface area contributed by atoms with Crippen molar-refractivity contribution >= 4 is 35.9 Å². The maximum atomic E-state index is 13.7. The number of aliphatic hydroxyl groups is 1. The standard InChI is InChI=1S/C34H44N6O9/c1-21-7-5-10-35-17-24(18-41)14-22(2)31(23(3)19-48-34(46)37-29-9-12-39(4)38-29)49-33(45)28-8-6-11-40(28)32(44)27-20-47-30(36-27)16-26(43)15-25(42)13-21/h5,7,9,12-14,18,20,22-23,25,28,31,35,42H,6,8,10-11,15-17,19H2,1-4H3,(H,37,38,46)/b7-5?,21-13?,24-14-/t22-,23-,25-,28-,31+/m1/s1. The maximum Gasteiger partial charge on any atom is 0.412 e. The van der Waals surface area contributed by atoms with Crippen molar-refractivity contribution in [3.8, 4) is 0 Å². The lowest BCUT2D eigenvalue weighted by atomic mass is 9.91. The Morgan fingerprint density at radius 2 is 2.08 bits per heavy atom. The molecule has 4 heterocycles. The molecule has 1 saturated heterocycles. The third-order valence-electron chi connectivity index (χ3n) is 8.15. The second-order valence-corrected chi connectivity index (χ2v) is 12.4. The summed E-state index contributed by atoms with van der Waals surface area (Å²) in [4.78, 5) is 69.8. The Balaban J connectivity index is 1.57. The Bertz CT molecular complexity index is 1590. The number of aryl methyl sites for hydroxylation is 1. The van der Waals surface area contributed by atoms with E-state index >= 15 is 0 Å². The Kier molecular flexibility index (Phi) is 13.2. The normalized spacial score (nSPS) is 25.0. The number of ketones is 1. The predicted molar refractivity (Wildman–Crippen MR) is 176 cm³/mol. The number of carbonyl (C=O) groups excluding carboxylic acids is 5. The summed E-state index contributed by atoms with van der Waals surface area (Å²) in [6.07, 6.45) is 8.31. The van der Waals surface area contributed by atoms with Crippen LogP contribution in [0, 0.1) is 11.8 Å². The predicted octanol–water partition coefficient (Wildman–Crippen LogP) is 2.54. The summed E-state index contributed by atoms with van der Waals surface area (Å²) in [5, 5.41) is 20.2. The number of ether oxygens (including phenoxy) is 2. The van der Waals surface area contributed by atoms with Crippen molar-refractivity contribution in [2.75, 3.05) is 31.6 Å².